The van der Waals surface area contributed by atoms with Gasteiger partial charge in [-0.2, -0.15) is 0 Å². The molecule has 18 heavy (non-hydrogen) atoms. The molecule has 1 aliphatic rings. The molecule has 0 saturated carbocycles. The molecule has 1 aromatic carbocycles. The van der Waals surface area contributed by atoms with Gasteiger partial charge in [-0.1, -0.05) is 30.3 Å². The summed E-state index contributed by atoms with van der Waals surface area (Å²) in [5.74, 6) is 0.310. The minimum Gasteiger partial charge on any atom is -0.509 e. The minimum absolute atomic E-state index is 0.310. The Hall–Kier alpha value is -1.54. The van der Waals surface area contributed by atoms with E-state index in [0.29, 0.717) is 18.8 Å². The van der Waals surface area contributed by atoms with Crippen molar-refractivity contribution in [2.75, 3.05) is 6.61 Å². The Kier molecular flexibility index (Phi) is 3.58. The van der Waals surface area contributed by atoms with Crippen molar-refractivity contribution in [2.24, 2.45) is 0 Å². The van der Waals surface area contributed by atoms with E-state index < -0.39 is 5.60 Å². The Balaban J connectivity index is 2.31. The van der Waals surface area contributed by atoms with Crippen molar-refractivity contribution in [1.29, 1.82) is 0 Å². The van der Waals surface area contributed by atoms with Crippen molar-refractivity contribution in [3.63, 3.8) is 0 Å². The molecule has 0 bridgehead atoms. The summed E-state index contributed by atoms with van der Waals surface area (Å²) < 4.78 is 5.63. The smallest absolute Gasteiger partial charge is 0.125 e. The van der Waals surface area contributed by atoms with Crippen LogP contribution in [0, 0.1) is 6.92 Å². The van der Waals surface area contributed by atoms with Gasteiger partial charge in [-0.25, -0.2) is 0 Å². The monoisotopic (exact) mass is 244 g/mol. The summed E-state index contributed by atoms with van der Waals surface area (Å²) in [6, 6.07) is 8.20. The summed E-state index contributed by atoms with van der Waals surface area (Å²) >= 11 is 0. The highest BCUT2D eigenvalue weighted by Crippen LogP contribution is 2.34. The van der Waals surface area contributed by atoms with E-state index in [-0.39, 0.29) is 0 Å². The maximum Gasteiger partial charge on any atom is 0.125 e. The zero-order chi connectivity index (χ0) is 13.2. The second kappa shape index (κ2) is 4.99. The lowest BCUT2D eigenvalue weighted by Crippen LogP contribution is -2.32. The molecule has 0 spiro atoms. The van der Waals surface area contributed by atoms with Crippen LogP contribution >= 0.6 is 0 Å². The largest absolute Gasteiger partial charge is 0.509 e. The Bertz CT molecular complexity index is 500. The molecular weight excluding hydrogens is 224 g/mol. The molecule has 0 fully saturated rings. The van der Waals surface area contributed by atoms with Gasteiger partial charge in [0.1, 0.15) is 11.4 Å². The van der Waals surface area contributed by atoms with Crippen LogP contribution in [0.15, 0.2) is 42.2 Å². The first-order valence-corrected chi connectivity index (χ1v) is 6.38. The molecule has 1 atom stereocenters. The van der Waals surface area contributed by atoms with Crippen LogP contribution in [0.2, 0.25) is 0 Å². The fourth-order valence-electron chi connectivity index (χ4n) is 2.30. The molecule has 1 aliphatic carbocycles. The molecule has 2 nitrogen and oxygen atoms in total. The van der Waals surface area contributed by atoms with Crippen LogP contribution in [-0.4, -0.2) is 17.3 Å². The lowest BCUT2D eigenvalue weighted by atomic mass is 9.87. The van der Waals surface area contributed by atoms with Gasteiger partial charge in [-0.3, -0.25) is 0 Å². The molecule has 96 valence electrons. The third-order valence-electron chi connectivity index (χ3n) is 3.46. The summed E-state index contributed by atoms with van der Waals surface area (Å²) in [5.41, 5.74) is 2.89. The van der Waals surface area contributed by atoms with Gasteiger partial charge in [0.25, 0.3) is 0 Å². The summed E-state index contributed by atoms with van der Waals surface area (Å²) in [6.07, 6.45) is 4.66. The molecule has 0 saturated heterocycles. The van der Waals surface area contributed by atoms with Crippen molar-refractivity contribution >= 4 is 5.57 Å². The Morgan fingerprint density at radius 3 is 2.67 bits per heavy atom. The standard InChI is InChI=1S/C16H20O2/c1-4-18-16(3)10-9-13(11-15(16)17)14-8-6-5-7-12(14)2/h5-9,11,17H,4,10H2,1-3H3. The van der Waals surface area contributed by atoms with Crippen LogP contribution in [0.4, 0.5) is 0 Å². The van der Waals surface area contributed by atoms with E-state index in [1.54, 1.807) is 0 Å². The molecule has 1 N–H and O–H groups in total. The zero-order valence-corrected chi connectivity index (χ0v) is 11.2. The average Bonchev–Trinajstić information content (AvgIpc) is 2.34. The fourth-order valence-corrected chi connectivity index (χ4v) is 2.30. The highest BCUT2D eigenvalue weighted by atomic mass is 16.5. The number of aryl methyl sites for hydroxylation is 1. The van der Waals surface area contributed by atoms with Crippen LogP contribution in [0.3, 0.4) is 0 Å². The van der Waals surface area contributed by atoms with Crippen LogP contribution < -0.4 is 0 Å². The minimum atomic E-state index is -0.569. The van der Waals surface area contributed by atoms with Gasteiger partial charge in [-0.05, 0) is 43.5 Å². The molecule has 0 amide bonds. The van der Waals surface area contributed by atoms with Gasteiger partial charge in [-0.15, -0.1) is 0 Å². The summed E-state index contributed by atoms with van der Waals surface area (Å²) in [4.78, 5) is 0. The van der Waals surface area contributed by atoms with E-state index in [4.69, 9.17) is 4.74 Å². The predicted molar refractivity (Wildman–Crippen MR) is 74.5 cm³/mol. The van der Waals surface area contributed by atoms with Crippen LogP contribution in [0.5, 0.6) is 0 Å². The normalized spacial score (nSPS) is 23.5. The molecule has 0 aromatic heterocycles. The number of aliphatic hydroxyl groups is 1. The number of aliphatic hydroxyl groups excluding tert-OH is 1. The van der Waals surface area contributed by atoms with Crippen LogP contribution in [0.25, 0.3) is 5.57 Å². The van der Waals surface area contributed by atoms with Gasteiger partial charge < -0.3 is 9.84 Å². The highest BCUT2D eigenvalue weighted by Gasteiger charge is 2.31. The summed E-state index contributed by atoms with van der Waals surface area (Å²) in [7, 11) is 0. The fraction of sp³-hybridized carbons (Fsp3) is 0.375. The van der Waals surface area contributed by atoms with E-state index in [1.807, 2.05) is 32.1 Å². The number of allylic oxidation sites excluding steroid dienone is 2. The molecule has 1 unspecified atom stereocenters. The second-order valence-electron chi connectivity index (χ2n) is 4.87. The SMILES string of the molecule is CCOC1(C)CC=C(c2ccccc2C)C=C1O. The molecular formula is C16H20O2. The number of hydrogen-bond donors (Lipinski definition) is 1. The lowest BCUT2D eigenvalue weighted by molar-refractivity contribution is -0.0225. The number of rotatable bonds is 3. The number of hydrogen-bond acceptors (Lipinski definition) is 2. The molecule has 2 rings (SSSR count). The van der Waals surface area contributed by atoms with E-state index in [2.05, 4.69) is 25.1 Å². The van der Waals surface area contributed by atoms with Crippen molar-refractivity contribution in [3.8, 4) is 0 Å². The van der Waals surface area contributed by atoms with Crippen molar-refractivity contribution < 1.29 is 9.84 Å². The highest BCUT2D eigenvalue weighted by molar-refractivity contribution is 5.77. The molecule has 0 heterocycles. The van der Waals surface area contributed by atoms with E-state index in [1.165, 1.54) is 11.1 Å². The second-order valence-corrected chi connectivity index (χ2v) is 4.87. The first-order valence-electron chi connectivity index (χ1n) is 6.38. The van der Waals surface area contributed by atoms with Gasteiger partial charge in [0.15, 0.2) is 0 Å². The van der Waals surface area contributed by atoms with Gasteiger partial charge in [0.05, 0.1) is 0 Å². The third kappa shape index (κ3) is 2.34. The zero-order valence-electron chi connectivity index (χ0n) is 11.2. The van der Waals surface area contributed by atoms with Crippen LogP contribution in [0.1, 0.15) is 31.4 Å². The Morgan fingerprint density at radius 2 is 2.06 bits per heavy atom. The van der Waals surface area contributed by atoms with Gasteiger partial charge in [0, 0.05) is 13.0 Å². The lowest BCUT2D eigenvalue weighted by Gasteiger charge is -2.31. The van der Waals surface area contributed by atoms with Gasteiger partial charge in [0.2, 0.25) is 0 Å². The first kappa shape index (κ1) is 12.9. The van der Waals surface area contributed by atoms with Crippen molar-refractivity contribution in [2.45, 2.75) is 32.8 Å². The van der Waals surface area contributed by atoms with E-state index in [0.717, 1.165) is 5.57 Å². The molecule has 0 radical (unpaired) electrons. The Labute approximate surface area is 109 Å². The predicted octanol–water partition coefficient (Wildman–Crippen LogP) is 4.02. The first-order chi connectivity index (χ1) is 8.57. The van der Waals surface area contributed by atoms with Crippen LogP contribution in [-0.2, 0) is 4.74 Å². The summed E-state index contributed by atoms with van der Waals surface area (Å²) in [5, 5.41) is 10.2. The average molecular weight is 244 g/mol. The molecule has 1 aromatic rings. The Morgan fingerprint density at radius 1 is 1.33 bits per heavy atom. The van der Waals surface area contributed by atoms with Crippen molar-refractivity contribution in [1.82, 2.24) is 0 Å². The van der Waals surface area contributed by atoms with E-state index in [9.17, 15) is 5.11 Å². The van der Waals surface area contributed by atoms with E-state index >= 15 is 0 Å². The third-order valence-corrected chi connectivity index (χ3v) is 3.46. The topological polar surface area (TPSA) is 29.5 Å². The molecule has 0 aliphatic heterocycles. The number of ether oxygens (including phenoxy) is 1. The molecule has 2 heteroatoms. The summed E-state index contributed by atoms with van der Waals surface area (Å²) in [6.45, 7) is 6.55. The maximum atomic E-state index is 10.2. The van der Waals surface area contributed by atoms with Crippen molar-refractivity contribution in [3.05, 3.63) is 53.3 Å². The number of benzene rings is 1. The maximum absolute atomic E-state index is 10.2. The quantitative estimate of drug-likeness (QED) is 0.870. The van der Waals surface area contributed by atoms with Gasteiger partial charge >= 0.3 is 0 Å².